The molecule has 0 fully saturated rings. The first-order valence-corrected chi connectivity index (χ1v) is 6.02. The van der Waals surface area contributed by atoms with Gasteiger partial charge in [0.2, 0.25) is 0 Å². The second-order valence-electron chi connectivity index (χ2n) is 4.56. The zero-order chi connectivity index (χ0) is 12.6. The molecule has 0 aromatic heterocycles. The molecule has 0 aromatic rings. The van der Waals surface area contributed by atoms with Gasteiger partial charge in [0, 0.05) is 39.4 Å². The molecule has 2 N–H and O–H groups in total. The van der Waals surface area contributed by atoms with Crippen molar-refractivity contribution in [2.75, 3.05) is 40.5 Å². The van der Waals surface area contributed by atoms with Crippen LogP contribution in [0.3, 0.4) is 0 Å². The SMILES string of the molecule is COCCN(C(C)C)C(CN)C(C)COC. The van der Waals surface area contributed by atoms with E-state index in [-0.39, 0.29) is 0 Å². The molecule has 0 bridgehead atoms. The summed E-state index contributed by atoms with van der Waals surface area (Å²) in [7, 11) is 3.47. The molecular formula is C12H28N2O2. The van der Waals surface area contributed by atoms with Crippen LogP contribution in [0.1, 0.15) is 20.8 Å². The first-order chi connectivity index (χ1) is 7.58. The molecule has 0 rings (SSSR count). The van der Waals surface area contributed by atoms with E-state index in [0.29, 0.717) is 24.5 Å². The van der Waals surface area contributed by atoms with Crippen molar-refractivity contribution in [3.05, 3.63) is 0 Å². The van der Waals surface area contributed by atoms with E-state index in [2.05, 4.69) is 25.7 Å². The van der Waals surface area contributed by atoms with Gasteiger partial charge in [0.15, 0.2) is 0 Å². The smallest absolute Gasteiger partial charge is 0.0589 e. The molecule has 0 aliphatic rings. The maximum absolute atomic E-state index is 5.88. The van der Waals surface area contributed by atoms with E-state index in [1.807, 2.05) is 0 Å². The summed E-state index contributed by atoms with van der Waals surface area (Å²) in [5, 5.41) is 0. The van der Waals surface area contributed by atoms with Gasteiger partial charge in [0.05, 0.1) is 13.2 Å². The van der Waals surface area contributed by atoms with Crippen molar-refractivity contribution >= 4 is 0 Å². The fraction of sp³-hybridized carbons (Fsp3) is 1.00. The highest BCUT2D eigenvalue weighted by molar-refractivity contribution is 4.80. The molecule has 2 unspecified atom stereocenters. The van der Waals surface area contributed by atoms with Gasteiger partial charge in [-0.1, -0.05) is 6.92 Å². The van der Waals surface area contributed by atoms with Crippen molar-refractivity contribution < 1.29 is 9.47 Å². The average molecular weight is 232 g/mol. The van der Waals surface area contributed by atoms with E-state index in [0.717, 1.165) is 19.8 Å². The van der Waals surface area contributed by atoms with Crippen LogP contribution in [0.2, 0.25) is 0 Å². The molecule has 0 amide bonds. The fourth-order valence-corrected chi connectivity index (χ4v) is 2.07. The molecule has 0 aliphatic heterocycles. The van der Waals surface area contributed by atoms with Crippen molar-refractivity contribution in [3.63, 3.8) is 0 Å². The van der Waals surface area contributed by atoms with Crippen molar-refractivity contribution in [1.29, 1.82) is 0 Å². The van der Waals surface area contributed by atoms with Crippen LogP contribution in [0.15, 0.2) is 0 Å². The highest BCUT2D eigenvalue weighted by atomic mass is 16.5. The predicted molar refractivity (Wildman–Crippen MR) is 67.6 cm³/mol. The molecule has 0 radical (unpaired) electrons. The van der Waals surface area contributed by atoms with Crippen molar-refractivity contribution in [1.82, 2.24) is 4.90 Å². The first-order valence-electron chi connectivity index (χ1n) is 6.02. The third kappa shape index (κ3) is 5.25. The molecule has 0 saturated heterocycles. The number of rotatable bonds is 9. The van der Waals surface area contributed by atoms with Crippen molar-refractivity contribution in [2.45, 2.75) is 32.9 Å². The minimum atomic E-state index is 0.357. The molecule has 0 aliphatic carbocycles. The number of nitrogens with zero attached hydrogens (tertiary/aromatic N) is 1. The van der Waals surface area contributed by atoms with Gasteiger partial charge >= 0.3 is 0 Å². The zero-order valence-electron chi connectivity index (χ0n) is 11.4. The van der Waals surface area contributed by atoms with E-state index in [1.54, 1.807) is 14.2 Å². The Kier molecular flexibility index (Phi) is 8.84. The van der Waals surface area contributed by atoms with E-state index in [1.165, 1.54) is 0 Å². The maximum atomic E-state index is 5.88. The Balaban J connectivity index is 4.43. The number of ether oxygens (including phenoxy) is 2. The van der Waals surface area contributed by atoms with Crippen LogP contribution >= 0.6 is 0 Å². The van der Waals surface area contributed by atoms with Crippen LogP contribution in [-0.2, 0) is 9.47 Å². The molecule has 98 valence electrons. The lowest BCUT2D eigenvalue weighted by Crippen LogP contribution is -2.50. The van der Waals surface area contributed by atoms with E-state index in [4.69, 9.17) is 15.2 Å². The third-order valence-electron chi connectivity index (χ3n) is 2.97. The van der Waals surface area contributed by atoms with Crippen LogP contribution in [-0.4, -0.2) is 57.5 Å². The van der Waals surface area contributed by atoms with Crippen LogP contribution in [0.25, 0.3) is 0 Å². The van der Waals surface area contributed by atoms with Gasteiger partial charge < -0.3 is 15.2 Å². The Morgan fingerprint density at radius 1 is 1.12 bits per heavy atom. The summed E-state index contributed by atoms with van der Waals surface area (Å²) in [6.45, 7) is 9.64. The molecule has 16 heavy (non-hydrogen) atoms. The molecule has 4 nitrogen and oxygen atoms in total. The lowest BCUT2D eigenvalue weighted by molar-refractivity contribution is 0.0473. The van der Waals surface area contributed by atoms with Gasteiger partial charge in [-0.15, -0.1) is 0 Å². The van der Waals surface area contributed by atoms with Crippen molar-refractivity contribution in [3.8, 4) is 0 Å². The highest BCUT2D eigenvalue weighted by Gasteiger charge is 2.24. The normalized spacial score (nSPS) is 15.8. The van der Waals surface area contributed by atoms with E-state index in [9.17, 15) is 0 Å². The largest absolute Gasteiger partial charge is 0.384 e. The van der Waals surface area contributed by atoms with Gasteiger partial charge in [0.25, 0.3) is 0 Å². The summed E-state index contributed by atoms with van der Waals surface area (Å²) in [6.07, 6.45) is 0. The highest BCUT2D eigenvalue weighted by Crippen LogP contribution is 2.14. The lowest BCUT2D eigenvalue weighted by Gasteiger charge is -2.37. The minimum absolute atomic E-state index is 0.357. The second kappa shape index (κ2) is 8.93. The molecule has 4 heteroatoms. The Bertz CT molecular complexity index is 165. The van der Waals surface area contributed by atoms with Gasteiger partial charge in [-0.2, -0.15) is 0 Å². The van der Waals surface area contributed by atoms with Gasteiger partial charge in [0.1, 0.15) is 0 Å². The summed E-state index contributed by atoms with van der Waals surface area (Å²) in [4.78, 5) is 2.40. The quantitative estimate of drug-likeness (QED) is 0.643. The summed E-state index contributed by atoms with van der Waals surface area (Å²) < 4.78 is 10.4. The molecule has 0 aromatic carbocycles. The lowest BCUT2D eigenvalue weighted by atomic mass is 10.00. The Hall–Kier alpha value is -0.160. The van der Waals surface area contributed by atoms with Crippen LogP contribution < -0.4 is 5.73 Å². The standard InChI is InChI=1S/C12H28N2O2/c1-10(2)14(6-7-15-4)12(8-13)11(3)9-16-5/h10-12H,6-9,13H2,1-5H3. The van der Waals surface area contributed by atoms with Gasteiger partial charge in [-0.3, -0.25) is 4.90 Å². The molecule has 0 spiro atoms. The van der Waals surface area contributed by atoms with Crippen molar-refractivity contribution in [2.24, 2.45) is 11.7 Å². The summed E-state index contributed by atoms with van der Waals surface area (Å²) in [5.74, 6) is 0.439. The molecule has 0 saturated carbocycles. The van der Waals surface area contributed by atoms with Gasteiger partial charge in [-0.05, 0) is 19.8 Å². The molecule has 0 heterocycles. The zero-order valence-corrected chi connectivity index (χ0v) is 11.4. The first kappa shape index (κ1) is 15.8. The fourth-order valence-electron chi connectivity index (χ4n) is 2.07. The van der Waals surface area contributed by atoms with Gasteiger partial charge in [-0.25, -0.2) is 0 Å². The molecular weight excluding hydrogens is 204 g/mol. The number of nitrogens with two attached hydrogens (primary N) is 1. The minimum Gasteiger partial charge on any atom is -0.384 e. The Labute approximate surface area is 100 Å². The Morgan fingerprint density at radius 2 is 1.75 bits per heavy atom. The maximum Gasteiger partial charge on any atom is 0.0589 e. The van der Waals surface area contributed by atoms with Crippen LogP contribution in [0.5, 0.6) is 0 Å². The molecule has 2 atom stereocenters. The monoisotopic (exact) mass is 232 g/mol. The van der Waals surface area contributed by atoms with Crippen LogP contribution in [0, 0.1) is 5.92 Å². The topological polar surface area (TPSA) is 47.7 Å². The van der Waals surface area contributed by atoms with E-state index >= 15 is 0 Å². The number of methoxy groups -OCH3 is 2. The predicted octanol–water partition coefficient (Wildman–Crippen LogP) is 0.953. The number of hydrogen-bond acceptors (Lipinski definition) is 4. The summed E-state index contributed by atoms with van der Waals surface area (Å²) >= 11 is 0. The second-order valence-corrected chi connectivity index (χ2v) is 4.56. The average Bonchev–Trinajstić information content (AvgIpc) is 2.23. The third-order valence-corrected chi connectivity index (χ3v) is 2.97. The summed E-state index contributed by atoms with van der Waals surface area (Å²) in [5.41, 5.74) is 5.88. The Morgan fingerprint density at radius 3 is 2.12 bits per heavy atom. The van der Waals surface area contributed by atoms with E-state index < -0.39 is 0 Å². The summed E-state index contributed by atoms with van der Waals surface area (Å²) in [6, 6.07) is 0.832. The van der Waals surface area contributed by atoms with Crippen LogP contribution in [0.4, 0.5) is 0 Å². The number of hydrogen-bond donors (Lipinski definition) is 1.